The van der Waals surface area contributed by atoms with Gasteiger partial charge < -0.3 is 30.3 Å². The summed E-state index contributed by atoms with van der Waals surface area (Å²) in [4.78, 5) is 71.2. The van der Waals surface area contributed by atoms with Gasteiger partial charge in [-0.25, -0.2) is 19.2 Å². The molecule has 1 atom stereocenters. The number of piperazine rings is 1. The van der Waals surface area contributed by atoms with Crippen molar-refractivity contribution in [2.24, 2.45) is 0 Å². The minimum atomic E-state index is -0.969. The maximum atomic E-state index is 12.9. The average Bonchev–Trinajstić information content (AvgIpc) is 3.03. The fourth-order valence-electron chi connectivity index (χ4n) is 6.06. The zero-order chi connectivity index (χ0) is 35.0. The summed E-state index contributed by atoms with van der Waals surface area (Å²) in [6, 6.07) is 8.45. The smallest absolute Gasteiger partial charge is 0.408 e. The molecule has 2 aromatic rings. The molecule has 2 fully saturated rings. The van der Waals surface area contributed by atoms with Crippen molar-refractivity contribution < 1.29 is 29.0 Å². The summed E-state index contributed by atoms with van der Waals surface area (Å²) >= 11 is 0. The highest BCUT2D eigenvalue weighted by Crippen LogP contribution is 2.25. The van der Waals surface area contributed by atoms with E-state index in [4.69, 9.17) is 9.84 Å². The Balaban J connectivity index is 1.26. The first kappa shape index (κ1) is 36.2. The molecule has 1 aromatic carbocycles. The van der Waals surface area contributed by atoms with E-state index in [-0.39, 0.29) is 30.9 Å². The second kappa shape index (κ2) is 16.0. The number of hydrogen-bond acceptors (Lipinski definition) is 8. The molecular weight excluding hydrogens is 620 g/mol. The van der Waals surface area contributed by atoms with Crippen LogP contribution in [0.1, 0.15) is 65.9 Å². The van der Waals surface area contributed by atoms with E-state index in [2.05, 4.69) is 32.8 Å². The Morgan fingerprint density at radius 3 is 2.19 bits per heavy atom. The SMILES string of the molecule is CCN(Cc1ccc(-n2ccc(NC(=O)N3CCN(C(=O)C(C)NC(=O)OC(C)(C)C)CC3)nc2=O)cc1)[C@H]1CC[C@H](NC(=O)O)CC1. The number of nitrogens with one attached hydrogen (secondary N) is 3. The molecule has 4 rings (SSSR count). The maximum absolute atomic E-state index is 12.9. The molecule has 2 heterocycles. The van der Waals surface area contributed by atoms with E-state index < -0.39 is 35.6 Å². The van der Waals surface area contributed by atoms with Crippen molar-refractivity contribution in [2.75, 3.05) is 38.0 Å². The lowest BCUT2D eigenvalue weighted by Crippen LogP contribution is -2.56. The van der Waals surface area contributed by atoms with Gasteiger partial charge in [-0.2, -0.15) is 4.98 Å². The van der Waals surface area contributed by atoms with E-state index in [9.17, 15) is 24.0 Å². The second-order valence-electron chi connectivity index (χ2n) is 13.3. The van der Waals surface area contributed by atoms with E-state index in [1.54, 1.807) is 49.8 Å². The minimum Gasteiger partial charge on any atom is -0.465 e. The molecule has 4 N–H and O–H groups in total. The molecule has 1 aromatic heterocycles. The van der Waals surface area contributed by atoms with Crippen molar-refractivity contribution in [3.63, 3.8) is 0 Å². The van der Waals surface area contributed by atoms with Crippen LogP contribution in [0.25, 0.3) is 5.69 Å². The van der Waals surface area contributed by atoms with Crippen molar-refractivity contribution in [3.05, 3.63) is 52.6 Å². The number of rotatable bonds is 9. The minimum absolute atomic E-state index is 0.0163. The second-order valence-corrected chi connectivity index (χ2v) is 13.3. The van der Waals surface area contributed by atoms with Crippen LogP contribution in [0.15, 0.2) is 41.3 Å². The Morgan fingerprint density at radius 1 is 1.00 bits per heavy atom. The number of benzene rings is 1. The third-order valence-electron chi connectivity index (χ3n) is 8.57. The number of anilines is 1. The zero-order valence-electron chi connectivity index (χ0n) is 28.4. The number of aromatic nitrogens is 2. The Labute approximate surface area is 280 Å². The topological polar surface area (TPSA) is 178 Å². The van der Waals surface area contributed by atoms with Gasteiger partial charge in [0.15, 0.2) is 0 Å². The summed E-state index contributed by atoms with van der Waals surface area (Å²) in [5.74, 6) is -0.144. The molecule has 1 aliphatic carbocycles. The number of carbonyl (C=O) groups excluding carboxylic acids is 3. The molecule has 5 amide bonds. The Bertz CT molecular complexity index is 1490. The summed E-state index contributed by atoms with van der Waals surface area (Å²) in [5.41, 5.74) is 0.534. The maximum Gasteiger partial charge on any atom is 0.408 e. The molecule has 0 bridgehead atoms. The predicted molar refractivity (Wildman–Crippen MR) is 179 cm³/mol. The van der Waals surface area contributed by atoms with Crippen LogP contribution in [0.2, 0.25) is 0 Å². The normalized spacial score (nSPS) is 19.0. The fraction of sp³-hybridized carbons (Fsp3) is 0.576. The van der Waals surface area contributed by atoms with Crippen LogP contribution in [0.4, 0.5) is 20.2 Å². The molecule has 1 aliphatic heterocycles. The van der Waals surface area contributed by atoms with Gasteiger partial charge in [0.2, 0.25) is 5.91 Å². The van der Waals surface area contributed by atoms with Crippen LogP contribution in [0, 0.1) is 0 Å². The highest BCUT2D eigenvalue weighted by Gasteiger charge is 2.29. The number of alkyl carbamates (subject to hydrolysis) is 1. The van der Waals surface area contributed by atoms with Crippen molar-refractivity contribution in [2.45, 2.75) is 90.6 Å². The quantitative estimate of drug-likeness (QED) is 0.312. The van der Waals surface area contributed by atoms with E-state index in [0.29, 0.717) is 24.8 Å². The molecule has 1 unspecified atom stereocenters. The summed E-state index contributed by atoms with van der Waals surface area (Å²) < 4.78 is 6.62. The number of ether oxygens (including phenoxy) is 1. The van der Waals surface area contributed by atoms with Crippen molar-refractivity contribution in [1.29, 1.82) is 0 Å². The number of carboxylic acid groups (broad SMARTS) is 1. The molecule has 0 spiro atoms. The third-order valence-corrected chi connectivity index (χ3v) is 8.57. The van der Waals surface area contributed by atoms with Gasteiger partial charge in [0.25, 0.3) is 0 Å². The summed E-state index contributed by atoms with van der Waals surface area (Å²) in [6.45, 7) is 11.7. The Hall–Kier alpha value is -4.66. The van der Waals surface area contributed by atoms with Crippen molar-refractivity contribution >= 4 is 29.9 Å². The monoisotopic (exact) mass is 668 g/mol. The highest BCUT2D eigenvalue weighted by molar-refractivity contribution is 5.89. The summed E-state index contributed by atoms with van der Waals surface area (Å²) in [6.07, 6.45) is 3.45. The molecule has 1 saturated heterocycles. The lowest BCUT2D eigenvalue weighted by Gasteiger charge is -2.36. The first-order chi connectivity index (χ1) is 22.7. The van der Waals surface area contributed by atoms with Gasteiger partial charge >= 0.3 is 23.9 Å². The Morgan fingerprint density at radius 2 is 1.62 bits per heavy atom. The molecule has 0 radical (unpaired) electrons. The molecule has 1 saturated carbocycles. The molecule has 15 heteroatoms. The van der Waals surface area contributed by atoms with Crippen LogP contribution in [-0.2, 0) is 16.1 Å². The summed E-state index contributed by atoms with van der Waals surface area (Å²) in [5, 5.41) is 16.8. The van der Waals surface area contributed by atoms with Gasteiger partial charge in [0.1, 0.15) is 17.5 Å². The highest BCUT2D eigenvalue weighted by atomic mass is 16.6. The van der Waals surface area contributed by atoms with Gasteiger partial charge in [-0.15, -0.1) is 0 Å². The largest absolute Gasteiger partial charge is 0.465 e. The third kappa shape index (κ3) is 10.2. The standard InChI is InChI=1S/C33H48N8O7/c1-6-38(25-13-9-24(10-14-25)35-31(45)46)21-23-7-11-26(12-8-23)41-16-15-27(37-30(41)44)36-29(43)40-19-17-39(18-20-40)28(42)22(2)34-32(47)48-33(3,4)5/h7-8,11-12,15-16,22,24-25,35H,6,9-10,13-14,17-21H2,1-5H3,(H,34,47)(H,45,46)(H,36,37,43,44)/t22?,24-,25-. The van der Waals surface area contributed by atoms with E-state index >= 15 is 0 Å². The number of hydrogen-bond donors (Lipinski definition) is 4. The Kier molecular flexibility index (Phi) is 12.0. The van der Waals surface area contributed by atoms with Gasteiger partial charge in [0, 0.05) is 51.0 Å². The van der Waals surface area contributed by atoms with Crippen molar-refractivity contribution in [3.8, 4) is 5.69 Å². The first-order valence-corrected chi connectivity index (χ1v) is 16.5. The van der Waals surface area contributed by atoms with Crippen LogP contribution in [0.3, 0.4) is 0 Å². The lowest BCUT2D eigenvalue weighted by molar-refractivity contribution is -0.134. The lowest BCUT2D eigenvalue weighted by atomic mass is 9.90. The van der Waals surface area contributed by atoms with Gasteiger partial charge in [-0.3, -0.25) is 19.6 Å². The predicted octanol–water partition coefficient (Wildman–Crippen LogP) is 3.22. The molecule has 15 nitrogen and oxygen atoms in total. The molecular formula is C33H48N8O7. The molecule has 2 aliphatic rings. The van der Waals surface area contributed by atoms with E-state index in [1.807, 2.05) is 24.3 Å². The average molecular weight is 669 g/mol. The van der Waals surface area contributed by atoms with Crippen molar-refractivity contribution in [1.82, 2.24) is 34.9 Å². The van der Waals surface area contributed by atoms with Crippen LogP contribution >= 0.6 is 0 Å². The van der Waals surface area contributed by atoms with Gasteiger partial charge in [0.05, 0.1) is 5.69 Å². The molecule has 48 heavy (non-hydrogen) atoms. The first-order valence-electron chi connectivity index (χ1n) is 16.5. The number of carbonyl (C=O) groups is 4. The van der Waals surface area contributed by atoms with E-state index in [0.717, 1.165) is 44.3 Å². The molecule has 262 valence electrons. The zero-order valence-corrected chi connectivity index (χ0v) is 28.4. The fourth-order valence-corrected chi connectivity index (χ4v) is 6.06. The number of nitrogens with zero attached hydrogens (tertiary/aromatic N) is 5. The van der Waals surface area contributed by atoms with E-state index in [1.165, 1.54) is 4.57 Å². The van der Waals surface area contributed by atoms with Gasteiger partial charge in [-0.1, -0.05) is 19.1 Å². The number of amides is 5. The van der Waals surface area contributed by atoms with Crippen LogP contribution in [-0.4, -0.2) is 110 Å². The summed E-state index contributed by atoms with van der Waals surface area (Å²) in [7, 11) is 0. The number of urea groups is 1. The van der Waals surface area contributed by atoms with Crippen LogP contribution < -0.4 is 21.6 Å². The van der Waals surface area contributed by atoms with Gasteiger partial charge in [-0.05, 0) is 83.7 Å². The van der Waals surface area contributed by atoms with Crippen LogP contribution in [0.5, 0.6) is 0 Å².